The fourth-order valence-corrected chi connectivity index (χ4v) is 1.71. The molecule has 0 spiro atoms. The van der Waals surface area contributed by atoms with Crippen LogP contribution in [0.3, 0.4) is 0 Å². The molecular formula is C8H4BrClN2O. The molecule has 0 saturated carbocycles. The number of hydrogen-bond donors (Lipinski definition) is 0. The summed E-state index contributed by atoms with van der Waals surface area (Å²) in [4.78, 5) is 0. The van der Waals surface area contributed by atoms with Crippen LogP contribution in [0.1, 0.15) is 0 Å². The van der Waals surface area contributed by atoms with Crippen LogP contribution >= 0.6 is 27.5 Å². The lowest BCUT2D eigenvalue weighted by Crippen LogP contribution is -1.79. The first-order chi connectivity index (χ1) is 6.27. The summed E-state index contributed by atoms with van der Waals surface area (Å²) in [6.07, 6.45) is 1.27. The SMILES string of the molecule is Clc1cc(Br)ccc1-c1nnco1. The topological polar surface area (TPSA) is 38.9 Å². The number of aromatic nitrogens is 2. The number of benzene rings is 1. The van der Waals surface area contributed by atoms with Crippen LogP contribution in [0.5, 0.6) is 0 Å². The first kappa shape index (κ1) is 8.72. The highest BCUT2D eigenvalue weighted by Crippen LogP contribution is 2.28. The highest BCUT2D eigenvalue weighted by atomic mass is 79.9. The second kappa shape index (κ2) is 3.47. The zero-order valence-corrected chi connectivity index (χ0v) is 8.71. The number of rotatable bonds is 1. The Morgan fingerprint density at radius 2 is 2.23 bits per heavy atom. The van der Waals surface area contributed by atoms with Crippen LogP contribution in [0, 0.1) is 0 Å². The molecule has 0 atom stereocenters. The maximum Gasteiger partial charge on any atom is 0.248 e. The van der Waals surface area contributed by atoms with E-state index >= 15 is 0 Å². The molecular weight excluding hydrogens is 255 g/mol. The fourth-order valence-electron chi connectivity index (χ4n) is 0.953. The van der Waals surface area contributed by atoms with Crippen molar-refractivity contribution >= 4 is 27.5 Å². The van der Waals surface area contributed by atoms with Crippen molar-refractivity contribution in [3.63, 3.8) is 0 Å². The Kier molecular flexibility index (Phi) is 2.33. The molecule has 0 saturated heterocycles. The summed E-state index contributed by atoms with van der Waals surface area (Å²) in [5, 5.41) is 7.92. The van der Waals surface area contributed by atoms with E-state index in [0.29, 0.717) is 10.9 Å². The molecule has 0 bridgehead atoms. The predicted molar refractivity (Wildman–Crippen MR) is 52.4 cm³/mol. The molecule has 2 rings (SSSR count). The molecule has 1 aromatic heterocycles. The van der Waals surface area contributed by atoms with Gasteiger partial charge in [-0.1, -0.05) is 27.5 Å². The third-order valence-electron chi connectivity index (χ3n) is 1.52. The summed E-state index contributed by atoms with van der Waals surface area (Å²) in [5.74, 6) is 0.428. The minimum atomic E-state index is 0.428. The van der Waals surface area contributed by atoms with Gasteiger partial charge in [-0.05, 0) is 18.2 Å². The monoisotopic (exact) mass is 258 g/mol. The van der Waals surface area contributed by atoms with E-state index in [0.717, 1.165) is 10.0 Å². The maximum absolute atomic E-state index is 5.96. The van der Waals surface area contributed by atoms with Gasteiger partial charge in [0.2, 0.25) is 12.3 Å². The molecule has 3 nitrogen and oxygen atoms in total. The van der Waals surface area contributed by atoms with Gasteiger partial charge in [0.25, 0.3) is 0 Å². The van der Waals surface area contributed by atoms with E-state index in [1.807, 2.05) is 12.1 Å². The highest BCUT2D eigenvalue weighted by Gasteiger charge is 2.07. The molecule has 5 heteroatoms. The molecule has 0 unspecified atom stereocenters. The number of halogens is 2. The molecule has 0 N–H and O–H groups in total. The molecule has 1 aromatic carbocycles. The summed E-state index contributed by atoms with van der Waals surface area (Å²) in [5.41, 5.74) is 0.738. The van der Waals surface area contributed by atoms with Crippen molar-refractivity contribution in [3.05, 3.63) is 34.1 Å². The van der Waals surface area contributed by atoms with Crippen molar-refractivity contribution in [1.82, 2.24) is 10.2 Å². The smallest absolute Gasteiger partial charge is 0.248 e. The molecule has 2 aromatic rings. The van der Waals surface area contributed by atoms with E-state index in [1.165, 1.54) is 6.39 Å². The Morgan fingerprint density at radius 1 is 1.38 bits per heavy atom. The molecule has 0 amide bonds. The second-order valence-corrected chi connectivity index (χ2v) is 3.69. The van der Waals surface area contributed by atoms with Crippen molar-refractivity contribution in [3.8, 4) is 11.5 Å². The minimum Gasteiger partial charge on any atom is -0.423 e. The van der Waals surface area contributed by atoms with E-state index in [2.05, 4.69) is 26.1 Å². The van der Waals surface area contributed by atoms with Gasteiger partial charge in [-0.15, -0.1) is 10.2 Å². The summed E-state index contributed by atoms with van der Waals surface area (Å²) in [6, 6.07) is 5.46. The Hall–Kier alpha value is -0.870. The van der Waals surface area contributed by atoms with Crippen LogP contribution in [-0.2, 0) is 0 Å². The molecule has 0 aliphatic rings. The summed E-state index contributed by atoms with van der Waals surface area (Å²) in [6.45, 7) is 0. The zero-order chi connectivity index (χ0) is 9.26. The first-order valence-electron chi connectivity index (χ1n) is 3.49. The van der Waals surface area contributed by atoms with Crippen LogP contribution in [-0.4, -0.2) is 10.2 Å². The van der Waals surface area contributed by atoms with Gasteiger partial charge in [-0.2, -0.15) is 0 Å². The van der Waals surface area contributed by atoms with Crippen LogP contribution in [0.4, 0.5) is 0 Å². The Morgan fingerprint density at radius 3 is 2.85 bits per heavy atom. The lowest BCUT2D eigenvalue weighted by molar-refractivity contribution is 0.568. The van der Waals surface area contributed by atoms with Crippen molar-refractivity contribution in [2.45, 2.75) is 0 Å². The molecule has 13 heavy (non-hydrogen) atoms. The quantitative estimate of drug-likeness (QED) is 0.790. The zero-order valence-electron chi connectivity index (χ0n) is 6.37. The van der Waals surface area contributed by atoms with Gasteiger partial charge in [0.05, 0.1) is 10.6 Å². The van der Waals surface area contributed by atoms with Crippen molar-refractivity contribution in [1.29, 1.82) is 0 Å². The van der Waals surface area contributed by atoms with E-state index < -0.39 is 0 Å². The summed E-state index contributed by atoms with van der Waals surface area (Å²) < 4.78 is 5.94. The molecule has 0 radical (unpaired) electrons. The second-order valence-electron chi connectivity index (χ2n) is 2.37. The van der Waals surface area contributed by atoms with Crippen molar-refractivity contribution in [2.24, 2.45) is 0 Å². The summed E-state index contributed by atoms with van der Waals surface area (Å²) in [7, 11) is 0. The lowest BCUT2D eigenvalue weighted by Gasteiger charge is -1.98. The Labute approximate surface area is 87.9 Å². The minimum absolute atomic E-state index is 0.428. The predicted octanol–water partition coefficient (Wildman–Crippen LogP) is 3.15. The Balaban J connectivity index is 2.53. The van der Waals surface area contributed by atoms with E-state index in [1.54, 1.807) is 6.07 Å². The third kappa shape index (κ3) is 1.73. The van der Waals surface area contributed by atoms with Crippen molar-refractivity contribution in [2.75, 3.05) is 0 Å². The van der Waals surface area contributed by atoms with Crippen LogP contribution in [0.25, 0.3) is 11.5 Å². The molecule has 1 heterocycles. The lowest BCUT2D eigenvalue weighted by atomic mass is 10.2. The van der Waals surface area contributed by atoms with Crippen LogP contribution in [0.15, 0.2) is 33.5 Å². The van der Waals surface area contributed by atoms with E-state index in [4.69, 9.17) is 16.0 Å². The molecule has 0 fully saturated rings. The van der Waals surface area contributed by atoms with Crippen molar-refractivity contribution < 1.29 is 4.42 Å². The average Bonchev–Trinajstić information content (AvgIpc) is 2.56. The van der Waals surface area contributed by atoms with E-state index in [-0.39, 0.29) is 0 Å². The van der Waals surface area contributed by atoms with Gasteiger partial charge in [0.1, 0.15) is 0 Å². The molecule has 66 valence electrons. The third-order valence-corrected chi connectivity index (χ3v) is 2.33. The fraction of sp³-hybridized carbons (Fsp3) is 0. The van der Waals surface area contributed by atoms with E-state index in [9.17, 15) is 0 Å². The van der Waals surface area contributed by atoms with Crippen LogP contribution in [0.2, 0.25) is 5.02 Å². The molecule has 0 aliphatic carbocycles. The Bertz CT molecular complexity index is 416. The van der Waals surface area contributed by atoms with Crippen LogP contribution < -0.4 is 0 Å². The first-order valence-corrected chi connectivity index (χ1v) is 4.66. The summed E-state index contributed by atoms with van der Waals surface area (Å²) >= 11 is 9.27. The number of nitrogens with zero attached hydrogens (tertiary/aromatic N) is 2. The van der Waals surface area contributed by atoms with Gasteiger partial charge < -0.3 is 4.42 Å². The standard InChI is InChI=1S/C8H4BrClN2O/c9-5-1-2-6(7(10)3-5)8-12-11-4-13-8/h1-4H. The van der Waals surface area contributed by atoms with Gasteiger partial charge in [-0.3, -0.25) is 0 Å². The highest BCUT2D eigenvalue weighted by molar-refractivity contribution is 9.10. The maximum atomic E-state index is 5.96. The molecule has 0 aliphatic heterocycles. The van der Waals surface area contributed by atoms with Gasteiger partial charge in [0.15, 0.2) is 0 Å². The van der Waals surface area contributed by atoms with Gasteiger partial charge in [-0.25, -0.2) is 0 Å². The normalized spacial score (nSPS) is 10.3. The van der Waals surface area contributed by atoms with Gasteiger partial charge in [0, 0.05) is 4.47 Å². The number of hydrogen-bond acceptors (Lipinski definition) is 3. The van der Waals surface area contributed by atoms with Gasteiger partial charge >= 0.3 is 0 Å². The average molecular weight is 259 g/mol. The largest absolute Gasteiger partial charge is 0.423 e.